The maximum absolute atomic E-state index is 15.0. The summed E-state index contributed by atoms with van der Waals surface area (Å²) in [5.74, 6) is 0.822. The van der Waals surface area contributed by atoms with Crippen LogP contribution < -0.4 is 10.9 Å². The highest BCUT2D eigenvalue weighted by Gasteiger charge is 2.22. The third-order valence-electron chi connectivity index (χ3n) is 6.08. The average Bonchev–Trinajstić information content (AvgIpc) is 2.75. The fraction of sp³-hybridized carbons (Fsp3) is 0.455. The van der Waals surface area contributed by atoms with E-state index in [1.807, 2.05) is 12.3 Å². The van der Waals surface area contributed by atoms with Gasteiger partial charge in [0.2, 0.25) is 0 Å². The normalized spacial score (nSPS) is 19.8. The summed E-state index contributed by atoms with van der Waals surface area (Å²) < 4.78 is 15.0. The van der Waals surface area contributed by atoms with Crippen molar-refractivity contribution in [3.05, 3.63) is 51.3 Å². The molecule has 29 heavy (non-hydrogen) atoms. The topological polar surface area (TPSA) is 63.7 Å². The molecule has 0 bridgehead atoms. The van der Waals surface area contributed by atoms with Crippen molar-refractivity contribution in [3.8, 4) is 0 Å². The highest BCUT2D eigenvalue weighted by atomic mass is 19.1. The molecule has 1 aromatic heterocycles. The number of aliphatic imine (C=N–C) groups is 1. The summed E-state index contributed by atoms with van der Waals surface area (Å²) in [5, 5.41) is 3.74. The molecule has 6 nitrogen and oxygen atoms in total. The van der Waals surface area contributed by atoms with E-state index >= 15 is 4.39 Å². The Balaban J connectivity index is 1.34. The first-order valence-electron chi connectivity index (χ1n) is 10.5. The Hall–Kier alpha value is -2.67. The lowest BCUT2D eigenvalue weighted by atomic mass is 10.00. The van der Waals surface area contributed by atoms with Crippen LogP contribution in [0.1, 0.15) is 30.4 Å². The van der Waals surface area contributed by atoms with Gasteiger partial charge in [0.15, 0.2) is 0 Å². The van der Waals surface area contributed by atoms with Gasteiger partial charge in [0.05, 0.1) is 16.6 Å². The van der Waals surface area contributed by atoms with Gasteiger partial charge in [-0.15, -0.1) is 0 Å². The number of pyridine rings is 1. The van der Waals surface area contributed by atoms with Gasteiger partial charge in [-0.05, 0) is 49.5 Å². The number of nitrogens with zero attached hydrogens (tertiary/aromatic N) is 3. The molecule has 152 valence electrons. The molecule has 0 amide bonds. The van der Waals surface area contributed by atoms with E-state index in [4.69, 9.17) is 0 Å². The van der Waals surface area contributed by atoms with Gasteiger partial charge in [0, 0.05) is 51.0 Å². The Labute approximate surface area is 169 Å². The number of piperazine rings is 1. The molecular weight excluding hydrogens is 369 g/mol. The number of hydrogen-bond donors (Lipinski definition) is 2. The van der Waals surface area contributed by atoms with Crippen LogP contribution in [0.25, 0.3) is 10.9 Å². The Bertz CT molecular complexity index is 1050. The van der Waals surface area contributed by atoms with Crippen LogP contribution in [0.15, 0.2) is 33.8 Å². The quantitative estimate of drug-likeness (QED) is 0.839. The number of aromatic amines is 1. The summed E-state index contributed by atoms with van der Waals surface area (Å²) >= 11 is 0. The van der Waals surface area contributed by atoms with Gasteiger partial charge in [-0.25, -0.2) is 9.38 Å². The second kappa shape index (κ2) is 7.63. The monoisotopic (exact) mass is 395 g/mol. The van der Waals surface area contributed by atoms with Crippen molar-refractivity contribution < 1.29 is 4.39 Å². The number of anilines is 1. The molecule has 0 aliphatic carbocycles. The second-order valence-corrected chi connectivity index (χ2v) is 8.05. The summed E-state index contributed by atoms with van der Waals surface area (Å²) in [4.78, 5) is 24.5. The van der Waals surface area contributed by atoms with Crippen molar-refractivity contribution in [1.29, 1.82) is 0 Å². The summed E-state index contributed by atoms with van der Waals surface area (Å²) in [6.07, 6.45) is 7.88. The highest BCUT2D eigenvalue weighted by molar-refractivity contribution is 5.94. The highest BCUT2D eigenvalue weighted by Crippen LogP contribution is 2.30. The summed E-state index contributed by atoms with van der Waals surface area (Å²) in [6.45, 7) is 5.12. The molecule has 1 saturated heterocycles. The van der Waals surface area contributed by atoms with Crippen molar-refractivity contribution in [2.45, 2.75) is 32.2 Å². The number of benzene rings is 1. The first kappa shape index (κ1) is 18.4. The van der Waals surface area contributed by atoms with Crippen molar-refractivity contribution in [1.82, 2.24) is 14.8 Å². The first-order chi connectivity index (χ1) is 14.2. The molecule has 0 radical (unpaired) electrons. The smallest absolute Gasteiger partial charge is 0.253 e. The lowest BCUT2D eigenvalue weighted by Gasteiger charge is -2.36. The molecule has 0 spiro atoms. The van der Waals surface area contributed by atoms with Crippen LogP contribution in [0.5, 0.6) is 0 Å². The van der Waals surface area contributed by atoms with Gasteiger partial charge in [-0.3, -0.25) is 9.69 Å². The van der Waals surface area contributed by atoms with Crippen molar-refractivity contribution in [2.75, 3.05) is 38.0 Å². The van der Waals surface area contributed by atoms with Gasteiger partial charge in [-0.2, -0.15) is 0 Å². The zero-order valence-corrected chi connectivity index (χ0v) is 16.5. The number of fused-ring (bicyclic) bond motifs is 3. The van der Waals surface area contributed by atoms with Crippen LogP contribution in [0.3, 0.4) is 0 Å². The molecule has 0 atom stereocenters. The SMILES string of the molecule is O=c1[nH]c2cc(CN3CCN(C4=CCCC=N4)CC3)cc(F)c2c2c1CCCN2. The van der Waals surface area contributed by atoms with Gasteiger partial charge in [0.1, 0.15) is 11.6 Å². The fourth-order valence-corrected chi connectivity index (χ4v) is 4.58. The largest absolute Gasteiger partial charge is 0.384 e. The molecule has 3 aliphatic heterocycles. The number of aromatic nitrogens is 1. The van der Waals surface area contributed by atoms with Gasteiger partial charge >= 0.3 is 0 Å². The van der Waals surface area contributed by atoms with Crippen LogP contribution in [0.2, 0.25) is 0 Å². The number of rotatable bonds is 3. The predicted octanol–water partition coefficient (Wildman–Crippen LogP) is 2.85. The van der Waals surface area contributed by atoms with Crippen LogP contribution in [-0.2, 0) is 13.0 Å². The maximum atomic E-state index is 15.0. The standard InChI is InChI=1S/C22H26FN5O/c23-17-12-15(13-18-20(17)21-16(22(29)26-18)4-3-7-25-21)14-27-8-10-28(11-9-27)19-5-1-2-6-24-19/h5-6,12-13,25H,1-4,7-11,14H2,(H,26,29). The Morgan fingerprint density at radius 3 is 2.79 bits per heavy atom. The zero-order valence-electron chi connectivity index (χ0n) is 16.5. The lowest BCUT2D eigenvalue weighted by Crippen LogP contribution is -2.45. The molecule has 0 saturated carbocycles. The van der Waals surface area contributed by atoms with Crippen LogP contribution >= 0.6 is 0 Å². The molecule has 2 aromatic rings. The van der Waals surface area contributed by atoms with E-state index in [0.717, 1.165) is 63.4 Å². The average molecular weight is 395 g/mol. The van der Waals surface area contributed by atoms with E-state index in [9.17, 15) is 4.79 Å². The Kier molecular flexibility index (Phi) is 4.83. The van der Waals surface area contributed by atoms with Gasteiger partial charge in [0.25, 0.3) is 5.56 Å². The van der Waals surface area contributed by atoms with E-state index in [2.05, 4.69) is 31.2 Å². The Morgan fingerprint density at radius 2 is 2.00 bits per heavy atom. The molecule has 7 heteroatoms. The van der Waals surface area contributed by atoms with Crippen molar-refractivity contribution >= 4 is 22.8 Å². The molecule has 1 aromatic carbocycles. The minimum atomic E-state index is -0.264. The zero-order chi connectivity index (χ0) is 19.8. The van der Waals surface area contributed by atoms with E-state index < -0.39 is 0 Å². The van der Waals surface area contributed by atoms with Crippen molar-refractivity contribution in [3.63, 3.8) is 0 Å². The minimum absolute atomic E-state index is 0.105. The summed E-state index contributed by atoms with van der Waals surface area (Å²) in [5.41, 5.74) is 2.72. The number of H-pyrrole nitrogens is 1. The van der Waals surface area contributed by atoms with Gasteiger partial charge in [-0.1, -0.05) is 0 Å². The predicted molar refractivity (Wildman–Crippen MR) is 114 cm³/mol. The summed E-state index contributed by atoms with van der Waals surface area (Å²) in [6, 6.07) is 3.55. The number of hydrogen-bond acceptors (Lipinski definition) is 5. The first-order valence-corrected chi connectivity index (χ1v) is 10.5. The van der Waals surface area contributed by atoms with E-state index in [1.54, 1.807) is 6.07 Å². The van der Waals surface area contributed by atoms with Crippen LogP contribution in [0, 0.1) is 5.82 Å². The van der Waals surface area contributed by atoms with Crippen LogP contribution in [0.4, 0.5) is 10.1 Å². The maximum Gasteiger partial charge on any atom is 0.253 e. The molecular formula is C22H26FN5O. The molecule has 2 N–H and O–H groups in total. The van der Waals surface area contributed by atoms with Gasteiger partial charge < -0.3 is 15.2 Å². The second-order valence-electron chi connectivity index (χ2n) is 8.05. The summed E-state index contributed by atoms with van der Waals surface area (Å²) in [7, 11) is 0. The third kappa shape index (κ3) is 3.55. The molecule has 3 aliphatic rings. The molecule has 1 fully saturated rings. The number of nitrogens with one attached hydrogen (secondary N) is 2. The number of halogens is 1. The minimum Gasteiger partial charge on any atom is -0.384 e. The van der Waals surface area contributed by atoms with E-state index in [1.165, 1.54) is 0 Å². The third-order valence-corrected chi connectivity index (χ3v) is 6.08. The Morgan fingerprint density at radius 1 is 1.14 bits per heavy atom. The molecule has 4 heterocycles. The van der Waals surface area contributed by atoms with Crippen molar-refractivity contribution in [2.24, 2.45) is 4.99 Å². The fourth-order valence-electron chi connectivity index (χ4n) is 4.58. The molecule has 5 rings (SSSR count). The molecule has 0 unspecified atom stereocenters. The van der Waals surface area contributed by atoms with E-state index in [-0.39, 0.29) is 11.4 Å². The van der Waals surface area contributed by atoms with Crippen LogP contribution in [-0.4, -0.2) is 53.7 Å². The number of allylic oxidation sites excluding steroid dienone is 1. The lowest BCUT2D eigenvalue weighted by molar-refractivity contribution is 0.151. The van der Waals surface area contributed by atoms with E-state index in [0.29, 0.717) is 35.1 Å².